The molecule has 3 heteroatoms. The SMILES string of the molecule is C=C(C)Cc1ccc(-c2cc(F)cc(F)c2)c(F)c1. The molecule has 0 aliphatic rings. The normalized spacial score (nSPS) is 10.5. The Kier molecular flexibility index (Phi) is 3.74. The maximum absolute atomic E-state index is 14.0. The van der Waals surface area contributed by atoms with Gasteiger partial charge in [-0.2, -0.15) is 0 Å². The lowest BCUT2D eigenvalue weighted by Crippen LogP contribution is -1.92. The van der Waals surface area contributed by atoms with Crippen LogP contribution >= 0.6 is 0 Å². The van der Waals surface area contributed by atoms with Crippen LogP contribution in [0.2, 0.25) is 0 Å². The van der Waals surface area contributed by atoms with Crippen LogP contribution in [0.15, 0.2) is 48.6 Å². The summed E-state index contributed by atoms with van der Waals surface area (Å²) in [5, 5.41) is 0. The second-order valence-corrected chi connectivity index (χ2v) is 4.61. The minimum Gasteiger partial charge on any atom is -0.207 e. The number of hydrogen-bond donors (Lipinski definition) is 0. The Labute approximate surface area is 110 Å². The first-order valence-electron chi connectivity index (χ1n) is 5.85. The van der Waals surface area contributed by atoms with Gasteiger partial charge in [0, 0.05) is 11.6 Å². The molecule has 0 heterocycles. The lowest BCUT2D eigenvalue weighted by atomic mass is 10.0. The first kappa shape index (κ1) is 13.4. The molecule has 0 amide bonds. The van der Waals surface area contributed by atoms with Gasteiger partial charge in [-0.25, -0.2) is 13.2 Å². The standard InChI is InChI=1S/C16H13F3/c1-10(2)5-11-3-4-15(16(19)6-11)12-7-13(17)9-14(18)8-12/h3-4,6-9H,1,5H2,2H3. The zero-order valence-electron chi connectivity index (χ0n) is 10.5. The van der Waals surface area contributed by atoms with Gasteiger partial charge >= 0.3 is 0 Å². The van der Waals surface area contributed by atoms with E-state index in [0.717, 1.165) is 29.3 Å². The van der Waals surface area contributed by atoms with E-state index < -0.39 is 17.5 Å². The lowest BCUT2D eigenvalue weighted by Gasteiger charge is -2.07. The Morgan fingerprint density at radius 2 is 1.63 bits per heavy atom. The minimum absolute atomic E-state index is 0.184. The van der Waals surface area contributed by atoms with Crippen LogP contribution in [0.3, 0.4) is 0 Å². The van der Waals surface area contributed by atoms with E-state index in [-0.39, 0.29) is 11.1 Å². The smallest absolute Gasteiger partial charge is 0.131 e. The van der Waals surface area contributed by atoms with Crippen LogP contribution in [0.4, 0.5) is 13.2 Å². The van der Waals surface area contributed by atoms with Gasteiger partial charge in [-0.15, -0.1) is 0 Å². The van der Waals surface area contributed by atoms with Gasteiger partial charge in [0.15, 0.2) is 0 Å². The topological polar surface area (TPSA) is 0 Å². The van der Waals surface area contributed by atoms with Gasteiger partial charge in [0.2, 0.25) is 0 Å². The van der Waals surface area contributed by atoms with E-state index in [1.165, 1.54) is 12.1 Å². The summed E-state index contributed by atoms with van der Waals surface area (Å²) in [6, 6.07) is 7.61. The summed E-state index contributed by atoms with van der Waals surface area (Å²) in [5.41, 5.74) is 2.08. The van der Waals surface area contributed by atoms with Crippen LogP contribution in [0, 0.1) is 17.5 Å². The van der Waals surface area contributed by atoms with Crippen LogP contribution in [0.5, 0.6) is 0 Å². The molecular formula is C16H13F3. The van der Waals surface area contributed by atoms with Crippen molar-refractivity contribution in [1.82, 2.24) is 0 Å². The van der Waals surface area contributed by atoms with E-state index in [2.05, 4.69) is 6.58 Å². The molecule has 0 atom stereocenters. The van der Waals surface area contributed by atoms with Crippen LogP contribution in [-0.2, 0) is 6.42 Å². The van der Waals surface area contributed by atoms with Crippen molar-refractivity contribution < 1.29 is 13.2 Å². The minimum atomic E-state index is -0.722. The maximum atomic E-state index is 14.0. The summed E-state index contributed by atoms with van der Waals surface area (Å²) in [6.07, 6.45) is 0.578. The van der Waals surface area contributed by atoms with E-state index in [0.29, 0.717) is 6.42 Å². The Morgan fingerprint density at radius 1 is 1.00 bits per heavy atom. The fraction of sp³-hybridized carbons (Fsp3) is 0.125. The third-order valence-electron chi connectivity index (χ3n) is 2.71. The molecule has 2 rings (SSSR count). The molecule has 0 N–H and O–H groups in total. The Hall–Kier alpha value is -2.03. The number of allylic oxidation sites excluding steroid dienone is 1. The van der Waals surface area contributed by atoms with Gasteiger partial charge in [0.25, 0.3) is 0 Å². The predicted molar refractivity (Wildman–Crippen MR) is 70.3 cm³/mol. The Morgan fingerprint density at radius 3 is 2.16 bits per heavy atom. The highest BCUT2D eigenvalue weighted by molar-refractivity contribution is 5.64. The van der Waals surface area contributed by atoms with Gasteiger partial charge in [-0.05, 0) is 42.7 Å². The fourth-order valence-electron chi connectivity index (χ4n) is 1.96. The van der Waals surface area contributed by atoms with E-state index in [9.17, 15) is 13.2 Å². The third kappa shape index (κ3) is 3.25. The summed E-state index contributed by atoms with van der Waals surface area (Å²) in [4.78, 5) is 0. The average Bonchev–Trinajstić information content (AvgIpc) is 2.26. The zero-order chi connectivity index (χ0) is 14.0. The monoisotopic (exact) mass is 262 g/mol. The van der Waals surface area contributed by atoms with Gasteiger partial charge < -0.3 is 0 Å². The van der Waals surface area contributed by atoms with E-state index >= 15 is 0 Å². The lowest BCUT2D eigenvalue weighted by molar-refractivity contribution is 0.583. The summed E-state index contributed by atoms with van der Waals surface area (Å²) in [7, 11) is 0. The summed E-state index contributed by atoms with van der Waals surface area (Å²) >= 11 is 0. The maximum Gasteiger partial charge on any atom is 0.131 e. The second kappa shape index (κ2) is 5.31. The first-order valence-corrected chi connectivity index (χ1v) is 5.85. The van der Waals surface area contributed by atoms with E-state index in [4.69, 9.17) is 0 Å². The Bertz CT molecular complexity index is 610. The highest BCUT2D eigenvalue weighted by atomic mass is 19.1. The molecular weight excluding hydrogens is 249 g/mol. The van der Waals surface area contributed by atoms with Crippen molar-refractivity contribution in [3.05, 3.63) is 71.6 Å². The van der Waals surface area contributed by atoms with Crippen molar-refractivity contribution >= 4 is 0 Å². The molecule has 0 radical (unpaired) electrons. The zero-order valence-corrected chi connectivity index (χ0v) is 10.5. The van der Waals surface area contributed by atoms with Gasteiger partial charge in [0.1, 0.15) is 17.5 Å². The van der Waals surface area contributed by atoms with E-state index in [1.807, 2.05) is 6.92 Å². The average molecular weight is 262 g/mol. The van der Waals surface area contributed by atoms with Crippen molar-refractivity contribution in [1.29, 1.82) is 0 Å². The van der Waals surface area contributed by atoms with Crippen molar-refractivity contribution in [3.63, 3.8) is 0 Å². The highest BCUT2D eigenvalue weighted by Gasteiger charge is 2.09. The van der Waals surface area contributed by atoms with Gasteiger partial charge in [-0.3, -0.25) is 0 Å². The van der Waals surface area contributed by atoms with Crippen molar-refractivity contribution in [3.8, 4) is 11.1 Å². The largest absolute Gasteiger partial charge is 0.207 e. The second-order valence-electron chi connectivity index (χ2n) is 4.61. The van der Waals surface area contributed by atoms with Crippen LogP contribution < -0.4 is 0 Å². The molecule has 0 unspecified atom stereocenters. The summed E-state index contributed by atoms with van der Waals surface area (Å²) in [6.45, 7) is 5.62. The molecule has 0 saturated heterocycles. The number of benzene rings is 2. The van der Waals surface area contributed by atoms with Crippen LogP contribution in [-0.4, -0.2) is 0 Å². The molecule has 0 bridgehead atoms. The van der Waals surface area contributed by atoms with Crippen molar-refractivity contribution in [2.75, 3.05) is 0 Å². The molecule has 98 valence electrons. The number of hydrogen-bond acceptors (Lipinski definition) is 0. The third-order valence-corrected chi connectivity index (χ3v) is 2.71. The van der Waals surface area contributed by atoms with Crippen LogP contribution in [0.25, 0.3) is 11.1 Å². The Balaban J connectivity index is 2.42. The molecule has 0 spiro atoms. The number of rotatable bonds is 3. The number of halogens is 3. The predicted octanol–water partition coefficient (Wildman–Crippen LogP) is 4.89. The molecule has 0 aromatic heterocycles. The van der Waals surface area contributed by atoms with Gasteiger partial charge in [0.05, 0.1) is 0 Å². The van der Waals surface area contributed by atoms with Crippen molar-refractivity contribution in [2.45, 2.75) is 13.3 Å². The molecule has 0 nitrogen and oxygen atoms in total. The van der Waals surface area contributed by atoms with Crippen molar-refractivity contribution in [2.24, 2.45) is 0 Å². The first-order chi connectivity index (χ1) is 8.95. The molecule has 0 saturated carbocycles. The molecule has 0 aliphatic carbocycles. The van der Waals surface area contributed by atoms with E-state index in [1.54, 1.807) is 6.07 Å². The van der Waals surface area contributed by atoms with Gasteiger partial charge in [-0.1, -0.05) is 24.3 Å². The molecule has 0 fully saturated rings. The highest BCUT2D eigenvalue weighted by Crippen LogP contribution is 2.26. The molecule has 2 aromatic carbocycles. The molecule has 2 aromatic rings. The molecule has 0 aliphatic heterocycles. The summed E-state index contributed by atoms with van der Waals surface area (Å²) in [5.74, 6) is -1.94. The van der Waals surface area contributed by atoms with Crippen LogP contribution in [0.1, 0.15) is 12.5 Å². The quantitative estimate of drug-likeness (QED) is 0.691. The fourth-order valence-corrected chi connectivity index (χ4v) is 1.96. The molecule has 19 heavy (non-hydrogen) atoms. The summed E-state index contributed by atoms with van der Waals surface area (Å²) < 4.78 is 40.2.